The van der Waals surface area contributed by atoms with Crippen LogP contribution in [-0.4, -0.2) is 27.9 Å². The van der Waals surface area contributed by atoms with Gasteiger partial charge in [-0.05, 0) is 19.4 Å². The molecule has 0 saturated carbocycles. The molecule has 108 valence electrons. The molecule has 0 bridgehead atoms. The Hall–Kier alpha value is -2.69. The molecular formula is C16H14O5. The first-order valence-corrected chi connectivity index (χ1v) is 6.33. The zero-order chi connectivity index (χ0) is 15.6. The Bertz CT molecular complexity index is 669. The molecule has 1 unspecified atom stereocenters. The molecule has 0 saturated heterocycles. The van der Waals surface area contributed by atoms with E-state index in [1.165, 1.54) is 19.1 Å². The topological polar surface area (TPSA) is 91.7 Å². The molecular weight excluding hydrogens is 272 g/mol. The molecule has 0 aliphatic heterocycles. The van der Waals surface area contributed by atoms with E-state index in [4.69, 9.17) is 5.11 Å². The van der Waals surface area contributed by atoms with Crippen LogP contribution in [0.15, 0.2) is 53.6 Å². The summed E-state index contributed by atoms with van der Waals surface area (Å²) in [6.45, 7) is 1.41. The van der Waals surface area contributed by atoms with E-state index < -0.39 is 17.4 Å². The molecule has 2 N–H and O–H groups in total. The Labute approximate surface area is 121 Å². The van der Waals surface area contributed by atoms with E-state index in [-0.39, 0.29) is 23.4 Å². The third kappa shape index (κ3) is 2.91. The predicted molar refractivity (Wildman–Crippen MR) is 74.9 cm³/mol. The number of Topliss-reactive ketones (excluding diaryl/α,β-unsaturated/α-hetero) is 1. The van der Waals surface area contributed by atoms with Gasteiger partial charge >= 0.3 is 11.9 Å². The van der Waals surface area contributed by atoms with Crippen molar-refractivity contribution in [2.45, 2.75) is 13.3 Å². The maximum Gasteiger partial charge on any atom is 0.331 e. The molecule has 1 aliphatic rings. The number of carbonyl (C=O) groups is 3. The highest BCUT2D eigenvalue weighted by atomic mass is 16.4. The molecule has 5 heteroatoms. The van der Waals surface area contributed by atoms with E-state index in [1.807, 2.05) is 0 Å². The number of benzene rings is 1. The number of carboxylic acid groups (broad SMARTS) is 2. The summed E-state index contributed by atoms with van der Waals surface area (Å²) in [4.78, 5) is 34.9. The number of carbonyl (C=O) groups excluding carboxylic acids is 1. The van der Waals surface area contributed by atoms with E-state index >= 15 is 0 Å². The van der Waals surface area contributed by atoms with Crippen LogP contribution in [0.25, 0.3) is 0 Å². The van der Waals surface area contributed by atoms with Gasteiger partial charge in [0.2, 0.25) is 0 Å². The first kappa shape index (κ1) is 14.7. The van der Waals surface area contributed by atoms with Gasteiger partial charge in [0.25, 0.3) is 0 Å². The highest BCUT2D eigenvalue weighted by Crippen LogP contribution is 2.35. The van der Waals surface area contributed by atoms with Crippen LogP contribution in [0.1, 0.15) is 23.7 Å². The van der Waals surface area contributed by atoms with E-state index in [9.17, 15) is 19.5 Å². The molecule has 0 radical (unpaired) electrons. The number of hydrogen-bond donors (Lipinski definition) is 2. The first-order valence-electron chi connectivity index (χ1n) is 6.33. The number of ketones is 1. The average molecular weight is 286 g/mol. The highest BCUT2D eigenvalue weighted by molar-refractivity contribution is 6.12. The first-order chi connectivity index (χ1) is 9.83. The molecule has 2 rings (SSSR count). The minimum atomic E-state index is -1.40. The van der Waals surface area contributed by atoms with Crippen LogP contribution >= 0.6 is 0 Å². The summed E-state index contributed by atoms with van der Waals surface area (Å²) in [5.74, 6) is -2.76. The van der Waals surface area contributed by atoms with Crippen molar-refractivity contribution in [1.82, 2.24) is 0 Å². The predicted octanol–water partition coefficient (Wildman–Crippen LogP) is 2.30. The number of allylic oxidation sites excluding steroid dienone is 2. The van der Waals surface area contributed by atoms with Crippen LogP contribution in [0, 0.1) is 5.41 Å². The van der Waals surface area contributed by atoms with Crippen LogP contribution in [-0.2, 0) is 9.59 Å². The molecule has 5 nitrogen and oxygen atoms in total. The van der Waals surface area contributed by atoms with Gasteiger partial charge in [-0.2, -0.15) is 0 Å². The van der Waals surface area contributed by atoms with Crippen molar-refractivity contribution in [3.8, 4) is 0 Å². The van der Waals surface area contributed by atoms with E-state index in [0.29, 0.717) is 5.56 Å². The molecule has 1 aliphatic carbocycles. The fourth-order valence-electron chi connectivity index (χ4n) is 2.23. The van der Waals surface area contributed by atoms with E-state index in [1.54, 1.807) is 30.3 Å². The summed E-state index contributed by atoms with van der Waals surface area (Å²) < 4.78 is 0. The normalized spacial score (nSPS) is 21.2. The van der Waals surface area contributed by atoms with Gasteiger partial charge in [0.05, 0.1) is 5.41 Å². The Morgan fingerprint density at radius 1 is 1.10 bits per heavy atom. The van der Waals surface area contributed by atoms with Gasteiger partial charge in [-0.1, -0.05) is 36.4 Å². The monoisotopic (exact) mass is 286 g/mol. The molecule has 0 amide bonds. The van der Waals surface area contributed by atoms with Gasteiger partial charge in [0.15, 0.2) is 5.78 Å². The van der Waals surface area contributed by atoms with Crippen LogP contribution in [0.2, 0.25) is 0 Å². The lowest BCUT2D eigenvalue weighted by Gasteiger charge is -2.26. The SMILES string of the molecule is CC1(C(=O)O)C=C(C(=O)c2ccccc2)C=C(C(=O)O)C1. The van der Waals surface area contributed by atoms with Crippen LogP contribution < -0.4 is 0 Å². The maximum absolute atomic E-state index is 12.4. The molecule has 1 atom stereocenters. The Balaban J connectivity index is 2.49. The molecule has 1 aromatic carbocycles. The second-order valence-corrected chi connectivity index (χ2v) is 5.17. The van der Waals surface area contributed by atoms with Crippen LogP contribution in [0.5, 0.6) is 0 Å². The largest absolute Gasteiger partial charge is 0.481 e. The zero-order valence-corrected chi connectivity index (χ0v) is 11.4. The van der Waals surface area contributed by atoms with Crippen LogP contribution in [0.4, 0.5) is 0 Å². The summed E-state index contributed by atoms with van der Waals surface area (Å²) in [6.07, 6.45) is 2.43. The van der Waals surface area contributed by atoms with Gasteiger partial charge in [-0.25, -0.2) is 4.79 Å². The van der Waals surface area contributed by atoms with Crippen molar-refractivity contribution in [3.63, 3.8) is 0 Å². The zero-order valence-electron chi connectivity index (χ0n) is 11.4. The summed E-state index contributed by atoms with van der Waals surface area (Å²) in [7, 11) is 0. The Kier molecular flexibility index (Phi) is 3.76. The third-order valence-corrected chi connectivity index (χ3v) is 3.42. The van der Waals surface area contributed by atoms with Crippen molar-refractivity contribution < 1.29 is 24.6 Å². The second-order valence-electron chi connectivity index (χ2n) is 5.17. The standard InChI is InChI=1S/C16H14O5/c1-16(15(20)21)8-11(7-12(9-16)14(18)19)13(17)10-5-3-2-4-6-10/h2-8H,9H2,1H3,(H,18,19)(H,20,21). The molecule has 1 aromatic rings. The lowest BCUT2D eigenvalue weighted by molar-refractivity contribution is -0.145. The number of rotatable bonds is 4. The van der Waals surface area contributed by atoms with Gasteiger partial charge < -0.3 is 10.2 Å². The molecule has 0 spiro atoms. The van der Waals surface area contributed by atoms with Crippen LogP contribution in [0.3, 0.4) is 0 Å². The molecule has 0 fully saturated rings. The smallest absolute Gasteiger partial charge is 0.331 e. The molecule has 0 heterocycles. The van der Waals surface area contributed by atoms with Gasteiger partial charge in [0, 0.05) is 16.7 Å². The van der Waals surface area contributed by atoms with Crippen molar-refractivity contribution in [1.29, 1.82) is 0 Å². The summed E-state index contributed by atoms with van der Waals surface area (Å²) in [6, 6.07) is 8.34. The fourth-order valence-corrected chi connectivity index (χ4v) is 2.23. The Morgan fingerprint density at radius 3 is 2.24 bits per heavy atom. The minimum absolute atomic E-state index is 0.0818. The van der Waals surface area contributed by atoms with Gasteiger partial charge in [-0.3, -0.25) is 9.59 Å². The molecule has 0 aromatic heterocycles. The van der Waals surface area contributed by atoms with E-state index in [2.05, 4.69) is 0 Å². The Morgan fingerprint density at radius 2 is 1.71 bits per heavy atom. The minimum Gasteiger partial charge on any atom is -0.481 e. The maximum atomic E-state index is 12.4. The average Bonchev–Trinajstić information content (AvgIpc) is 2.46. The number of aliphatic carboxylic acids is 2. The van der Waals surface area contributed by atoms with Crippen molar-refractivity contribution >= 4 is 17.7 Å². The van der Waals surface area contributed by atoms with Gasteiger partial charge in [0.1, 0.15) is 0 Å². The lowest BCUT2D eigenvalue weighted by Crippen LogP contribution is -2.30. The number of carboxylic acids is 2. The molecule has 21 heavy (non-hydrogen) atoms. The summed E-state index contributed by atoms with van der Waals surface area (Å²) in [5.41, 5.74) is -1.00. The lowest BCUT2D eigenvalue weighted by atomic mass is 9.76. The second kappa shape index (κ2) is 5.36. The van der Waals surface area contributed by atoms with Crippen molar-refractivity contribution in [3.05, 3.63) is 59.2 Å². The number of hydrogen-bond acceptors (Lipinski definition) is 3. The highest BCUT2D eigenvalue weighted by Gasteiger charge is 2.37. The third-order valence-electron chi connectivity index (χ3n) is 3.42. The van der Waals surface area contributed by atoms with Gasteiger partial charge in [-0.15, -0.1) is 0 Å². The quantitative estimate of drug-likeness (QED) is 0.829. The van der Waals surface area contributed by atoms with Crippen molar-refractivity contribution in [2.75, 3.05) is 0 Å². The fraction of sp³-hybridized carbons (Fsp3) is 0.188. The van der Waals surface area contributed by atoms with E-state index in [0.717, 1.165) is 0 Å². The summed E-state index contributed by atoms with van der Waals surface area (Å²) >= 11 is 0. The summed E-state index contributed by atoms with van der Waals surface area (Å²) in [5, 5.41) is 18.4. The van der Waals surface area contributed by atoms with Crippen molar-refractivity contribution in [2.24, 2.45) is 5.41 Å².